The van der Waals surface area contributed by atoms with E-state index in [2.05, 4.69) is 19.2 Å². The number of hydrogen-bond donors (Lipinski definition) is 2. The SMILES string of the molecule is CC(C)CC1(CNC(=O)C(C)C(C)N)CC1. The van der Waals surface area contributed by atoms with Gasteiger partial charge in [-0.3, -0.25) is 4.79 Å². The Kier molecular flexibility index (Phi) is 4.36. The minimum atomic E-state index is -0.0881. The Balaban J connectivity index is 2.32. The van der Waals surface area contributed by atoms with Crippen molar-refractivity contribution >= 4 is 5.91 Å². The largest absolute Gasteiger partial charge is 0.355 e. The second-order valence-electron chi connectivity index (χ2n) is 5.96. The molecule has 1 rings (SSSR count). The standard InChI is InChI=1S/C13H26N2O/c1-9(2)7-13(5-6-13)8-15-12(16)10(3)11(4)14/h9-11H,5-8,14H2,1-4H3,(H,15,16). The van der Waals surface area contributed by atoms with Crippen molar-refractivity contribution in [1.29, 1.82) is 0 Å². The fourth-order valence-electron chi connectivity index (χ4n) is 2.17. The van der Waals surface area contributed by atoms with Gasteiger partial charge in [-0.2, -0.15) is 0 Å². The van der Waals surface area contributed by atoms with Crippen molar-refractivity contribution in [2.75, 3.05) is 6.54 Å². The summed E-state index contributed by atoms with van der Waals surface area (Å²) in [7, 11) is 0. The smallest absolute Gasteiger partial charge is 0.224 e. The normalized spacial score (nSPS) is 21.6. The summed E-state index contributed by atoms with van der Waals surface area (Å²) in [6, 6.07) is -0.0692. The van der Waals surface area contributed by atoms with Gasteiger partial charge >= 0.3 is 0 Å². The topological polar surface area (TPSA) is 55.1 Å². The van der Waals surface area contributed by atoms with E-state index in [9.17, 15) is 4.79 Å². The van der Waals surface area contributed by atoms with Gasteiger partial charge in [-0.25, -0.2) is 0 Å². The van der Waals surface area contributed by atoms with Crippen LogP contribution in [0.2, 0.25) is 0 Å². The maximum absolute atomic E-state index is 11.8. The molecule has 0 aromatic carbocycles. The van der Waals surface area contributed by atoms with Crippen LogP contribution in [0.25, 0.3) is 0 Å². The van der Waals surface area contributed by atoms with Crippen LogP contribution in [-0.4, -0.2) is 18.5 Å². The number of rotatable bonds is 6. The van der Waals surface area contributed by atoms with E-state index < -0.39 is 0 Å². The van der Waals surface area contributed by atoms with Gasteiger partial charge < -0.3 is 11.1 Å². The number of nitrogens with one attached hydrogen (secondary N) is 1. The predicted octanol–water partition coefficient (Wildman–Crippen LogP) is 1.91. The summed E-state index contributed by atoms with van der Waals surface area (Å²) in [5.41, 5.74) is 6.12. The van der Waals surface area contributed by atoms with Gasteiger partial charge in [-0.15, -0.1) is 0 Å². The molecule has 2 unspecified atom stereocenters. The second kappa shape index (κ2) is 5.17. The zero-order valence-corrected chi connectivity index (χ0v) is 11.0. The molecule has 2 atom stereocenters. The molecular formula is C13H26N2O. The van der Waals surface area contributed by atoms with Gasteiger partial charge in [-0.05, 0) is 37.5 Å². The van der Waals surface area contributed by atoms with E-state index in [1.54, 1.807) is 0 Å². The highest BCUT2D eigenvalue weighted by atomic mass is 16.1. The lowest BCUT2D eigenvalue weighted by Crippen LogP contribution is -2.41. The van der Waals surface area contributed by atoms with E-state index in [0.717, 1.165) is 6.54 Å². The zero-order chi connectivity index (χ0) is 12.3. The minimum absolute atomic E-state index is 0.0692. The van der Waals surface area contributed by atoms with Crippen LogP contribution in [0.3, 0.4) is 0 Å². The lowest BCUT2D eigenvalue weighted by atomic mass is 9.94. The molecule has 1 aliphatic rings. The van der Waals surface area contributed by atoms with Crippen molar-refractivity contribution in [3.8, 4) is 0 Å². The lowest BCUT2D eigenvalue weighted by molar-refractivity contribution is -0.125. The van der Waals surface area contributed by atoms with Gasteiger partial charge in [0, 0.05) is 18.5 Å². The van der Waals surface area contributed by atoms with Crippen LogP contribution in [0.1, 0.15) is 47.0 Å². The molecule has 1 saturated carbocycles. The molecule has 1 amide bonds. The highest BCUT2D eigenvalue weighted by Crippen LogP contribution is 2.50. The molecule has 3 N–H and O–H groups in total. The molecule has 0 bridgehead atoms. The zero-order valence-electron chi connectivity index (χ0n) is 11.0. The van der Waals surface area contributed by atoms with E-state index in [4.69, 9.17) is 5.73 Å². The predicted molar refractivity (Wildman–Crippen MR) is 66.9 cm³/mol. The molecule has 0 radical (unpaired) electrons. The first-order valence-electron chi connectivity index (χ1n) is 6.39. The van der Waals surface area contributed by atoms with Crippen LogP contribution in [0.5, 0.6) is 0 Å². The molecule has 0 aromatic heterocycles. The maximum Gasteiger partial charge on any atom is 0.224 e. The van der Waals surface area contributed by atoms with Crippen LogP contribution < -0.4 is 11.1 Å². The third kappa shape index (κ3) is 3.78. The Morgan fingerprint density at radius 2 is 1.88 bits per heavy atom. The summed E-state index contributed by atoms with van der Waals surface area (Å²) in [5.74, 6) is 0.727. The monoisotopic (exact) mass is 226 g/mol. The summed E-state index contributed by atoms with van der Waals surface area (Å²) in [4.78, 5) is 11.8. The van der Waals surface area contributed by atoms with Gasteiger partial charge in [-0.1, -0.05) is 20.8 Å². The van der Waals surface area contributed by atoms with E-state index >= 15 is 0 Å². The van der Waals surface area contributed by atoms with Crippen LogP contribution in [0.15, 0.2) is 0 Å². The molecule has 0 aromatic rings. The first-order valence-corrected chi connectivity index (χ1v) is 6.39. The lowest BCUT2D eigenvalue weighted by Gasteiger charge is -2.21. The van der Waals surface area contributed by atoms with E-state index in [1.807, 2.05) is 13.8 Å². The average molecular weight is 226 g/mol. The van der Waals surface area contributed by atoms with Gasteiger partial charge in [0.2, 0.25) is 5.91 Å². The van der Waals surface area contributed by atoms with Crippen molar-refractivity contribution in [2.45, 2.75) is 53.0 Å². The molecule has 0 aliphatic heterocycles. The molecule has 3 nitrogen and oxygen atoms in total. The number of amides is 1. The first-order chi connectivity index (χ1) is 7.36. The number of carbonyl (C=O) groups is 1. The summed E-state index contributed by atoms with van der Waals surface area (Å²) in [5, 5.41) is 3.05. The molecule has 0 saturated heterocycles. The van der Waals surface area contributed by atoms with E-state index in [0.29, 0.717) is 11.3 Å². The number of carbonyl (C=O) groups excluding carboxylic acids is 1. The number of nitrogens with two attached hydrogens (primary N) is 1. The minimum Gasteiger partial charge on any atom is -0.355 e. The fraction of sp³-hybridized carbons (Fsp3) is 0.923. The van der Waals surface area contributed by atoms with Gasteiger partial charge in [0.05, 0.1) is 0 Å². The highest BCUT2D eigenvalue weighted by Gasteiger charge is 2.42. The third-order valence-corrected chi connectivity index (χ3v) is 3.64. The van der Waals surface area contributed by atoms with Gasteiger partial charge in [0.25, 0.3) is 0 Å². The molecule has 0 heterocycles. The Bertz CT molecular complexity index is 244. The summed E-state index contributed by atoms with van der Waals surface area (Å²) >= 11 is 0. The van der Waals surface area contributed by atoms with E-state index in [-0.39, 0.29) is 17.9 Å². The van der Waals surface area contributed by atoms with Crippen molar-refractivity contribution in [3.63, 3.8) is 0 Å². The number of hydrogen-bond acceptors (Lipinski definition) is 2. The van der Waals surface area contributed by atoms with Crippen LogP contribution in [-0.2, 0) is 4.79 Å². The van der Waals surface area contributed by atoms with Crippen molar-refractivity contribution in [1.82, 2.24) is 5.32 Å². The van der Waals surface area contributed by atoms with Crippen molar-refractivity contribution in [2.24, 2.45) is 23.0 Å². The third-order valence-electron chi connectivity index (χ3n) is 3.64. The summed E-state index contributed by atoms with van der Waals surface area (Å²) < 4.78 is 0. The fourth-order valence-corrected chi connectivity index (χ4v) is 2.17. The second-order valence-corrected chi connectivity index (χ2v) is 5.96. The Hall–Kier alpha value is -0.570. The van der Waals surface area contributed by atoms with Crippen LogP contribution in [0, 0.1) is 17.3 Å². The molecule has 1 fully saturated rings. The molecule has 3 heteroatoms. The Labute approximate surface area is 99.2 Å². The van der Waals surface area contributed by atoms with Crippen LogP contribution >= 0.6 is 0 Å². The molecule has 16 heavy (non-hydrogen) atoms. The molecular weight excluding hydrogens is 200 g/mol. The average Bonchev–Trinajstić information content (AvgIpc) is 2.92. The Morgan fingerprint density at radius 1 is 1.31 bits per heavy atom. The van der Waals surface area contributed by atoms with Crippen molar-refractivity contribution < 1.29 is 4.79 Å². The van der Waals surface area contributed by atoms with E-state index in [1.165, 1.54) is 19.3 Å². The summed E-state index contributed by atoms with van der Waals surface area (Å²) in [6.45, 7) is 9.09. The van der Waals surface area contributed by atoms with Gasteiger partial charge in [0.15, 0.2) is 0 Å². The summed E-state index contributed by atoms with van der Waals surface area (Å²) in [6.07, 6.45) is 3.75. The van der Waals surface area contributed by atoms with Gasteiger partial charge in [0.1, 0.15) is 0 Å². The quantitative estimate of drug-likeness (QED) is 0.727. The highest BCUT2D eigenvalue weighted by molar-refractivity contribution is 5.79. The molecule has 94 valence electrons. The molecule has 1 aliphatic carbocycles. The molecule has 0 spiro atoms. The maximum atomic E-state index is 11.8. The first kappa shape index (κ1) is 13.5. The van der Waals surface area contributed by atoms with Crippen molar-refractivity contribution in [3.05, 3.63) is 0 Å². The Morgan fingerprint density at radius 3 is 2.25 bits per heavy atom. The van der Waals surface area contributed by atoms with Crippen LogP contribution in [0.4, 0.5) is 0 Å².